The molecule has 3 aliphatic heterocycles. The SMILES string of the molecule is Cn1cc(CN2CCC3(CCOc4ccccc4S(=O)(=O)N4C[C@H](O)C[C@H]4C(=O)N3)CC2)cn1. The van der Waals surface area contributed by atoms with E-state index in [2.05, 4.69) is 15.3 Å². The van der Waals surface area contributed by atoms with Crippen molar-refractivity contribution in [3.05, 3.63) is 42.2 Å². The van der Waals surface area contributed by atoms with Gasteiger partial charge < -0.3 is 15.2 Å². The molecule has 0 radical (unpaired) electrons. The average Bonchev–Trinajstić information content (AvgIpc) is 3.40. The minimum atomic E-state index is -4.01. The van der Waals surface area contributed by atoms with Crippen LogP contribution in [0, 0.1) is 0 Å². The van der Waals surface area contributed by atoms with Gasteiger partial charge >= 0.3 is 0 Å². The lowest BCUT2D eigenvalue weighted by atomic mass is 9.84. The summed E-state index contributed by atoms with van der Waals surface area (Å²) in [6.07, 6.45) is 5.09. The van der Waals surface area contributed by atoms with Crippen LogP contribution in [0.2, 0.25) is 0 Å². The van der Waals surface area contributed by atoms with Crippen molar-refractivity contribution >= 4 is 15.9 Å². The van der Waals surface area contributed by atoms with Crippen LogP contribution >= 0.6 is 0 Å². The Morgan fingerprint density at radius 1 is 1.24 bits per heavy atom. The van der Waals surface area contributed by atoms with E-state index < -0.39 is 27.7 Å². The zero-order valence-electron chi connectivity index (χ0n) is 19.3. The Morgan fingerprint density at radius 3 is 2.74 bits per heavy atom. The lowest BCUT2D eigenvalue weighted by Gasteiger charge is -2.43. The zero-order chi connectivity index (χ0) is 23.9. The zero-order valence-corrected chi connectivity index (χ0v) is 20.1. The van der Waals surface area contributed by atoms with Crippen LogP contribution in [0.25, 0.3) is 0 Å². The maximum absolute atomic E-state index is 13.5. The highest BCUT2D eigenvalue weighted by atomic mass is 32.2. The van der Waals surface area contributed by atoms with Gasteiger partial charge in [-0.25, -0.2) is 8.42 Å². The van der Waals surface area contributed by atoms with E-state index >= 15 is 0 Å². The molecular weight excluding hydrogens is 458 g/mol. The molecule has 2 aromatic rings. The summed E-state index contributed by atoms with van der Waals surface area (Å²) < 4.78 is 35.8. The number of carbonyl (C=O) groups is 1. The van der Waals surface area contributed by atoms with Gasteiger partial charge in [0.05, 0.1) is 18.9 Å². The molecule has 1 aromatic heterocycles. The second-order valence-corrected chi connectivity index (χ2v) is 11.5. The number of para-hydroxylation sites is 1. The molecule has 1 spiro atoms. The minimum Gasteiger partial charge on any atom is -0.492 e. The Balaban J connectivity index is 1.40. The van der Waals surface area contributed by atoms with Crippen LogP contribution in [0.5, 0.6) is 5.75 Å². The number of aliphatic hydroxyl groups excluding tert-OH is 1. The van der Waals surface area contributed by atoms with Crippen molar-refractivity contribution < 1.29 is 23.1 Å². The summed E-state index contributed by atoms with van der Waals surface area (Å²) >= 11 is 0. The van der Waals surface area contributed by atoms with Crippen LogP contribution in [0.4, 0.5) is 0 Å². The molecule has 11 heteroatoms. The Morgan fingerprint density at radius 2 is 2.00 bits per heavy atom. The summed E-state index contributed by atoms with van der Waals surface area (Å²) in [4.78, 5) is 15.8. The fourth-order valence-corrected chi connectivity index (χ4v) is 7.06. The maximum Gasteiger partial charge on any atom is 0.247 e. The number of amides is 1. The summed E-state index contributed by atoms with van der Waals surface area (Å²) in [6, 6.07) is 5.57. The van der Waals surface area contributed by atoms with Gasteiger partial charge in [0.1, 0.15) is 16.7 Å². The molecular formula is C23H31N5O5S. The van der Waals surface area contributed by atoms with Crippen molar-refractivity contribution in [3.63, 3.8) is 0 Å². The largest absolute Gasteiger partial charge is 0.492 e. The van der Waals surface area contributed by atoms with E-state index in [0.29, 0.717) is 13.0 Å². The standard InChI is InChI=1S/C23H31N5O5S/c1-26-14-17(13-24-26)15-27-9-6-23(7-10-27)8-11-33-20-4-2-3-5-21(20)34(31,32)28-16-18(29)12-19(28)22(30)25-23/h2-5,13-14,18-19,29H,6-12,15-16H2,1H3,(H,25,30)/t18-,19+/m1/s1. The topological polar surface area (TPSA) is 117 Å². The number of piperidine rings is 1. The number of likely N-dealkylation sites (tertiary alicyclic amines) is 1. The minimum absolute atomic E-state index is 0.0316. The number of ether oxygens (including phenoxy) is 1. The van der Waals surface area contributed by atoms with Gasteiger partial charge in [-0.15, -0.1) is 0 Å². The molecule has 2 N–H and O–H groups in total. The highest BCUT2D eigenvalue weighted by molar-refractivity contribution is 7.89. The van der Waals surface area contributed by atoms with E-state index in [4.69, 9.17) is 4.74 Å². The summed E-state index contributed by atoms with van der Waals surface area (Å²) in [5.41, 5.74) is 0.649. The number of fused-ring (bicyclic) bond motifs is 2. The van der Waals surface area contributed by atoms with Gasteiger partial charge in [0.2, 0.25) is 15.9 Å². The first-order valence-corrected chi connectivity index (χ1v) is 13.1. The molecule has 0 saturated carbocycles. The van der Waals surface area contributed by atoms with Crippen molar-refractivity contribution in [2.24, 2.45) is 7.05 Å². The van der Waals surface area contributed by atoms with Crippen LogP contribution in [0.15, 0.2) is 41.6 Å². The first-order chi connectivity index (χ1) is 16.3. The van der Waals surface area contributed by atoms with Gasteiger partial charge in [-0.1, -0.05) is 12.1 Å². The summed E-state index contributed by atoms with van der Waals surface area (Å²) in [5, 5.41) is 17.7. The van der Waals surface area contributed by atoms with Crippen LogP contribution in [-0.2, 0) is 28.4 Å². The number of aromatic nitrogens is 2. The third-order valence-corrected chi connectivity index (χ3v) is 9.09. The van der Waals surface area contributed by atoms with Crippen LogP contribution < -0.4 is 10.1 Å². The Labute approximate surface area is 199 Å². The summed E-state index contributed by atoms with van der Waals surface area (Å²) in [5.74, 6) is -0.0682. The van der Waals surface area contributed by atoms with Crippen molar-refractivity contribution in [2.45, 2.75) is 54.8 Å². The molecule has 4 heterocycles. The second kappa shape index (κ2) is 8.95. The van der Waals surface area contributed by atoms with Crippen molar-refractivity contribution in [2.75, 3.05) is 26.2 Å². The number of carbonyl (C=O) groups excluding carboxylic acids is 1. The van der Waals surface area contributed by atoms with E-state index in [0.717, 1.165) is 42.3 Å². The van der Waals surface area contributed by atoms with Gasteiger partial charge in [-0.3, -0.25) is 14.4 Å². The highest BCUT2D eigenvalue weighted by Gasteiger charge is 2.47. The van der Waals surface area contributed by atoms with Gasteiger partial charge in [0.15, 0.2) is 0 Å². The van der Waals surface area contributed by atoms with E-state index in [1.165, 1.54) is 6.07 Å². The first-order valence-electron chi connectivity index (χ1n) is 11.7. The third-order valence-electron chi connectivity index (χ3n) is 7.18. The lowest BCUT2D eigenvalue weighted by molar-refractivity contribution is -0.127. The van der Waals surface area contributed by atoms with Crippen LogP contribution in [0.3, 0.4) is 0 Å². The summed E-state index contributed by atoms with van der Waals surface area (Å²) in [6.45, 7) is 2.56. The number of rotatable bonds is 2. The molecule has 1 aromatic carbocycles. The fourth-order valence-electron chi connectivity index (χ4n) is 5.29. The number of hydrogen-bond acceptors (Lipinski definition) is 7. The van der Waals surface area contributed by atoms with Crippen LogP contribution in [0.1, 0.15) is 31.2 Å². The number of nitrogens with zero attached hydrogens (tertiary/aromatic N) is 4. The predicted octanol–water partition coefficient (Wildman–Crippen LogP) is 0.478. The molecule has 5 rings (SSSR count). The molecule has 10 nitrogen and oxygen atoms in total. The van der Waals surface area contributed by atoms with Gasteiger partial charge in [0.25, 0.3) is 0 Å². The Kier molecular flexibility index (Phi) is 6.13. The lowest BCUT2D eigenvalue weighted by Crippen LogP contribution is -2.59. The maximum atomic E-state index is 13.5. The van der Waals surface area contributed by atoms with E-state index in [1.54, 1.807) is 22.9 Å². The van der Waals surface area contributed by atoms with Gasteiger partial charge in [-0.05, 0) is 25.0 Å². The third kappa shape index (κ3) is 4.45. The number of sulfonamides is 1. The van der Waals surface area contributed by atoms with Gasteiger partial charge in [-0.2, -0.15) is 9.40 Å². The van der Waals surface area contributed by atoms with Crippen molar-refractivity contribution in [3.8, 4) is 5.75 Å². The van der Waals surface area contributed by atoms with E-state index in [1.807, 2.05) is 19.4 Å². The smallest absolute Gasteiger partial charge is 0.247 e. The number of benzene rings is 1. The number of aliphatic hydroxyl groups is 1. The fraction of sp³-hybridized carbons (Fsp3) is 0.565. The monoisotopic (exact) mass is 489 g/mol. The van der Waals surface area contributed by atoms with E-state index in [-0.39, 0.29) is 29.5 Å². The molecule has 2 atom stereocenters. The number of aryl methyl sites for hydroxylation is 1. The molecule has 184 valence electrons. The predicted molar refractivity (Wildman–Crippen MR) is 123 cm³/mol. The van der Waals surface area contributed by atoms with Crippen LogP contribution in [-0.4, -0.2) is 82.3 Å². The van der Waals surface area contributed by atoms with Crippen molar-refractivity contribution in [1.29, 1.82) is 0 Å². The quantitative estimate of drug-likeness (QED) is 0.630. The molecule has 3 aliphatic rings. The second-order valence-electron chi connectivity index (χ2n) is 9.59. The number of nitrogens with one attached hydrogen (secondary N) is 1. The molecule has 34 heavy (non-hydrogen) atoms. The molecule has 0 unspecified atom stereocenters. The molecule has 2 fully saturated rings. The molecule has 0 bridgehead atoms. The molecule has 0 aliphatic carbocycles. The molecule has 2 saturated heterocycles. The molecule has 1 amide bonds. The number of hydrogen-bond donors (Lipinski definition) is 2. The Hall–Kier alpha value is -2.47. The summed E-state index contributed by atoms with van der Waals surface area (Å²) in [7, 11) is -2.12. The average molecular weight is 490 g/mol. The highest BCUT2D eigenvalue weighted by Crippen LogP contribution is 2.35. The Bertz CT molecular complexity index is 1160. The first kappa shape index (κ1) is 23.3. The van der Waals surface area contributed by atoms with Crippen molar-refractivity contribution in [1.82, 2.24) is 24.3 Å². The normalized spacial score (nSPS) is 27.3. The van der Waals surface area contributed by atoms with E-state index in [9.17, 15) is 18.3 Å². The van der Waals surface area contributed by atoms with Gasteiger partial charge in [0, 0.05) is 63.4 Å².